The van der Waals surface area contributed by atoms with Crippen molar-refractivity contribution in [3.8, 4) is 0 Å². The Morgan fingerprint density at radius 2 is 2.00 bits per heavy atom. The van der Waals surface area contributed by atoms with Gasteiger partial charge in [-0.15, -0.1) is 0 Å². The smallest absolute Gasteiger partial charge is 0.244 e. The first-order chi connectivity index (χ1) is 18.1. The number of amides is 2. The average molecular weight is 543 g/mol. The number of aliphatic hydroxyl groups excluding tert-OH is 1. The molecule has 1 aliphatic rings. The van der Waals surface area contributed by atoms with E-state index in [1.54, 1.807) is 36.7 Å². The van der Waals surface area contributed by atoms with Crippen molar-refractivity contribution < 1.29 is 14.7 Å². The Hall–Kier alpha value is -2.66. The number of hydrogen-bond donors (Lipinski definition) is 4. The number of hydrogen-bond acceptors (Lipinski definition) is 8. The van der Waals surface area contributed by atoms with E-state index in [4.69, 9.17) is 5.73 Å². The summed E-state index contributed by atoms with van der Waals surface area (Å²) in [6, 6.07) is 10.5. The van der Waals surface area contributed by atoms with Crippen LogP contribution in [0.5, 0.6) is 0 Å². The monoisotopic (exact) mass is 542 g/mol. The van der Waals surface area contributed by atoms with Gasteiger partial charge in [-0.3, -0.25) is 19.9 Å². The van der Waals surface area contributed by atoms with Crippen molar-refractivity contribution in [1.82, 2.24) is 15.6 Å². The fraction of sp³-hybridized carbons (Fsp3) is 0.536. The summed E-state index contributed by atoms with van der Waals surface area (Å²) in [6.45, 7) is 9.39. The third kappa shape index (κ3) is 7.25. The third-order valence-electron chi connectivity index (χ3n) is 6.79. The minimum absolute atomic E-state index is 0.143. The lowest BCUT2D eigenvalue weighted by molar-refractivity contribution is -0.127. The zero-order chi connectivity index (χ0) is 27.9. The van der Waals surface area contributed by atoms with Crippen LogP contribution in [0.3, 0.4) is 0 Å². The van der Waals surface area contributed by atoms with Gasteiger partial charge in [0.2, 0.25) is 11.8 Å². The molecule has 208 valence electrons. The van der Waals surface area contributed by atoms with Crippen molar-refractivity contribution in [3.63, 3.8) is 0 Å². The molecule has 3 rings (SSSR count). The second kappa shape index (κ2) is 13.4. The van der Waals surface area contributed by atoms with Crippen LogP contribution in [0.4, 0.5) is 11.4 Å². The summed E-state index contributed by atoms with van der Waals surface area (Å²) >= 11 is 1.62. The van der Waals surface area contributed by atoms with Gasteiger partial charge in [0.15, 0.2) is 0 Å². The number of pyridine rings is 1. The number of nitrogens with zero attached hydrogens (tertiary/aromatic N) is 3. The van der Waals surface area contributed by atoms with Gasteiger partial charge in [0.05, 0.1) is 41.2 Å². The van der Waals surface area contributed by atoms with Gasteiger partial charge < -0.3 is 26.0 Å². The molecule has 1 aliphatic heterocycles. The molecule has 2 heterocycles. The first-order valence-electron chi connectivity index (χ1n) is 13.2. The second-order valence-corrected chi connectivity index (χ2v) is 11.1. The van der Waals surface area contributed by atoms with E-state index in [1.807, 2.05) is 36.6 Å². The number of rotatable bonds is 13. The molecule has 0 radical (unpaired) electrons. The van der Waals surface area contributed by atoms with Crippen molar-refractivity contribution >= 4 is 35.0 Å². The van der Waals surface area contributed by atoms with E-state index in [0.29, 0.717) is 19.4 Å². The fourth-order valence-corrected chi connectivity index (χ4v) is 5.14. The van der Waals surface area contributed by atoms with Crippen LogP contribution < -0.4 is 26.2 Å². The molecular weight excluding hydrogens is 500 g/mol. The van der Waals surface area contributed by atoms with Gasteiger partial charge in [0.1, 0.15) is 6.23 Å². The topological polar surface area (TPSA) is 124 Å². The third-order valence-corrected chi connectivity index (χ3v) is 7.44. The van der Waals surface area contributed by atoms with Gasteiger partial charge >= 0.3 is 0 Å². The highest BCUT2D eigenvalue weighted by Gasteiger charge is 2.38. The minimum atomic E-state index is -1.13. The lowest BCUT2D eigenvalue weighted by Crippen LogP contribution is -2.61. The zero-order valence-electron chi connectivity index (χ0n) is 23.1. The lowest BCUT2D eigenvalue weighted by atomic mass is 9.94. The molecule has 0 saturated carbocycles. The summed E-state index contributed by atoms with van der Waals surface area (Å²) in [4.78, 5) is 35.1. The first-order valence-corrected chi connectivity index (χ1v) is 14.6. The predicted octanol–water partition coefficient (Wildman–Crippen LogP) is 2.27. The van der Waals surface area contributed by atoms with Crippen molar-refractivity contribution in [3.05, 3.63) is 53.9 Å². The number of para-hydroxylation sites is 1. The van der Waals surface area contributed by atoms with Crippen molar-refractivity contribution in [2.24, 2.45) is 5.73 Å². The molecule has 3 atom stereocenters. The normalized spacial score (nSPS) is 17.1. The minimum Gasteiger partial charge on any atom is -0.376 e. The van der Waals surface area contributed by atoms with E-state index in [-0.39, 0.29) is 11.8 Å². The van der Waals surface area contributed by atoms with Crippen LogP contribution in [0.15, 0.2) is 42.6 Å². The van der Waals surface area contributed by atoms with E-state index in [0.717, 1.165) is 41.5 Å². The van der Waals surface area contributed by atoms with E-state index in [1.165, 1.54) is 0 Å². The summed E-state index contributed by atoms with van der Waals surface area (Å²) in [5.41, 5.74) is 8.58. The van der Waals surface area contributed by atoms with Crippen LogP contribution in [0.25, 0.3) is 0 Å². The van der Waals surface area contributed by atoms with Gasteiger partial charge in [-0.2, -0.15) is 11.8 Å². The van der Waals surface area contributed by atoms with Crippen LogP contribution in [0, 0.1) is 0 Å². The zero-order valence-corrected chi connectivity index (χ0v) is 23.9. The number of anilines is 2. The molecule has 0 aliphatic carbocycles. The molecule has 10 heteroatoms. The molecule has 0 spiro atoms. The van der Waals surface area contributed by atoms with Crippen LogP contribution >= 0.6 is 11.8 Å². The van der Waals surface area contributed by atoms with E-state index >= 15 is 0 Å². The summed E-state index contributed by atoms with van der Waals surface area (Å²) in [5, 5.41) is 17.2. The Morgan fingerprint density at radius 1 is 1.26 bits per heavy atom. The molecular formula is C28H42N6O3S. The van der Waals surface area contributed by atoms with Crippen molar-refractivity contribution in [1.29, 1.82) is 0 Å². The number of carbonyl (C=O) groups is 2. The number of nitrogens with one attached hydrogen (secondary N) is 2. The number of nitrogens with two attached hydrogens (primary N) is 1. The maximum atomic E-state index is 14.0. The Bertz CT molecular complexity index is 1070. The quantitative estimate of drug-likeness (QED) is 0.284. The van der Waals surface area contributed by atoms with Crippen molar-refractivity contribution in [2.75, 3.05) is 34.9 Å². The second-order valence-electron chi connectivity index (χ2n) is 10.2. The molecule has 1 aromatic heterocycles. The van der Waals surface area contributed by atoms with Gasteiger partial charge in [0.25, 0.3) is 0 Å². The summed E-state index contributed by atoms with van der Waals surface area (Å²) in [7, 11) is 0. The Kier molecular flexibility index (Phi) is 10.6. The Balaban J connectivity index is 1.93. The van der Waals surface area contributed by atoms with Gasteiger partial charge in [-0.1, -0.05) is 18.2 Å². The number of benzene rings is 1. The molecule has 0 bridgehead atoms. The average Bonchev–Trinajstić information content (AvgIpc) is 2.89. The number of fused-ring (bicyclic) bond motifs is 1. The fourth-order valence-electron chi connectivity index (χ4n) is 4.65. The van der Waals surface area contributed by atoms with Crippen LogP contribution in [0.2, 0.25) is 0 Å². The largest absolute Gasteiger partial charge is 0.376 e. The maximum Gasteiger partial charge on any atom is 0.244 e. The first kappa shape index (κ1) is 29.9. The highest BCUT2D eigenvalue weighted by Crippen LogP contribution is 2.38. The molecule has 2 aromatic rings. The Morgan fingerprint density at radius 3 is 2.61 bits per heavy atom. The SMILES string of the molecule is CCN(CC)c1cccc2c1N(Cc1ccccn1)C(=O)C(N[C@H](O)[C@@H](CCSC)NC(=O)C(C)(C)N)C2. The van der Waals surface area contributed by atoms with Crippen LogP contribution in [0.1, 0.15) is 45.4 Å². The van der Waals surface area contributed by atoms with Gasteiger partial charge in [-0.25, -0.2) is 0 Å². The standard InChI is InChI=1S/C28H42N6O3S/c1-6-33(7-2)23-13-10-11-19-17-22(26(36)34(24(19)23)18-20-12-8-9-15-30-20)31-25(35)21(14-16-38-5)32-27(37)28(3,4)29/h8-13,15,21-22,25,31,35H,6-7,14,16-18,29H2,1-5H3,(H,32,37)/t21-,22?,25-/m1/s1. The van der Waals surface area contributed by atoms with Gasteiger partial charge in [-0.05, 0) is 76.3 Å². The highest BCUT2D eigenvalue weighted by molar-refractivity contribution is 7.98. The number of carbonyl (C=O) groups excluding carboxylic acids is 2. The molecule has 0 fully saturated rings. The molecule has 38 heavy (non-hydrogen) atoms. The summed E-state index contributed by atoms with van der Waals surface area (Å²) in [5.74, 6) is 0.233. The number of thioether (sulfide) groups is 1. The molecule has 0 saturated heterocycles. The number of aromatic nitrogens is 1. The summed E-state index contributed by atoms with van der Waals surface area (Å²) < 4.78 is 0. The molecule has 1 unspecified atom stereocenters. The van der Waals surface area contributed by atoms with E-state index < -0.39 is 23.9 Å². The van der Waals surface area contributed by atoms with Gasteiger partial charge in [0, 0.05) is 19.3 Å². The lowest BCUT2D eigenvalue weighted by Gasteiger charge is -2.39. The molecule has 9 nitrogen and oxygen atoms in total. The molecule has 2 amide bonds. The van der Waals surface area contributed by atoms with E-state index in [9.17, 15) is 14.7 Å². The maximum absolute atomic E-state index is 14.0. The molecule has 1 aromatic carbocycles. The molecule has 5 N–H and O–H groups in total. The predicted molar refractivity (Wildman–Crippen MR) is 155 cm³/mol. The van der Waals surface area contributed by atoms with E-state index in [2.05, 4.69) is 40.4 Å². The summed E-state index contributed by atoms with van der Waals surface area (Å²) in [6.07, 6.45) is 3.50. The van der Waals surface area contributed by atoms with Crippen molar-refractivity contribution in [2.45, 2.75) is 70.9 Å². The highest BCUT2D eigenvalue weighted by atomic mass is 32.2. The van der Waals surface area contributed by atoms with Crippen LogP contribution in [-0.4, -0.2) is 70.9 Å². The number of aliphatic hydroxyl groups is 1. The van der Waals surface area contributed by atoms with Crippen LogP contribution in [-0.2, 0) is 22.6 Å². The Labute approximate surface area is 230 Å².